The van der Waals surface area contributed by atoms with E-state index in [-0.39, 0.29) is 0 Å². The Morgan fingerprint density at radius 2 is 2.00 bits per heavy atom. The molecule has 0 saturated carbocycles. The van der Waals surface area contributed by atoms with Gasteiger partial charge < -0.3 is 0 Å². The highest BCUT2D eigenvalue weighted by Gasteiger charge is 2.05. The molecule has 2 unspecified atom stereocenters. The first-order valence-corrected chi connectivity index (χ1v) is 6.50. The van der Waals surface area contributed by atoms with Gasteiger partial charge in [0.25, 0.3) is 0 Å². The summed E-state index contributed by atoms with van der Waals surface area (Å²) in [5.41, 5.74) is 0. The van der Waals surface area contributed by atoms with Crippen LogP contribution in [0.3, 0.4) is 0 Å². The lowest BCUT2D eigenvalue weighted by Gasteiger charge is -2.11. The third-order valence-corrected chi connectivity index (χ3v) is 4.49. The molecule has 0 N–H and O–H groups in total. The van der Waals surface area contributed by atoms with E-state index in [1.165, 1.54) is 12.8 Å². The van der Waals surface area contributed by atoms with Crippen molar-refractivity contribution in [2.75, 3.05) is 11.5 Å². The highest BCUT2D eigenvalue weighted by Crippen LogP contribution is 2.21. The van der Waals surface area contributed by atoms with E-state index < -0.39 is 0 Å². The van der Waals surface area contributed by atoms with Crippen LogP contribution >= 0.6 is 49.6 Å². The van der Waals surface area contributed by atoms with Gasteiger partial charge in [-0.1, -0.05) is 13.3 Å². The highest BCUT2D eigenvalue weighted by molar-refractivity contribution is 8.10. The Morgan fingerprint density at radius 1 is 1.36 bits per heavy atom. The maximum absolute atomic E-state index is 4.43. The fourth-order valence-corrected chi connectivity index (χ4v) is 2.65. The minimum Gasteiger partial charge on any atom is -0.178 e. The molecule has 0 aliphatic carbocycles. The van der Waals surface area contributed by atoms with Gasteiger partial charge in [-0.15, -0.1) is 11.8 Å². The zero-order valence-electron chi connectivity index (χ0n) is 6.73. The molecule has 0 heterocycles. The molecule has 0 nitrogen and oxygen atoms in total. The van der Waals surface area contributed by atoms with Crippen molar-refractivity contribution >= 4 is 49.6 Å². The van der Waals surface area contributed by atoms with E-state index in [0.717, 1.165) is 11.5 Å². The predicted octanol–water partition coefficient (Wildman–Crippen LogP) is 3.00. The summed E-state index contributed by atoms with van der Waals surface area (Å²) in [6, 6.07) is 0. The van der Waals surface area contributed by atoms with E-state index in [9.17, 15) is 0 Å². The number of thioether (sulfide) groups is 1. The van der Waals surface area contributed by atoms with Crippen molar-refractivity contribution in [1.82, 2.24) is 0 Å². The van der Waals surface area contributed by atoms with Gasteiger partial charge in [-0.25, -0.2) is 0 Å². The average Bonchev–Trinajstić information content (AvgIpc) is 2.01. The van der Waals surface area contributed by atoms with Gasteiger partial charge in [-0.2, -0.15) is 37.9 Å². The maximum Gasteiger partial charge on any atom is 0.0472 e. The van der Waals surface area contributed by atoms with Gasteiger partial charge >= 0.3 is 0 Å². The molecule has 0 aliphatic rings. The fourth-order valence-electron chi connectivity index (χ4n) is 0.605. The van der Waals surface area contributed by atoms with Crippen LogP contribution in [0.1, 0.15) is 19.8 Å². The molecule has 0 rings (SSSR count). The minimum atomic E-state index is 0.412. The van der Waals surface area contributed by atoms with Crippen LogP contribution in [-0.2, 0) is 0 Å². The Labute approximate surface area is 90.5 Å². The summed E-state index contributed by atoms with van der Waals surface area (Å²) >= 11 is 14.8. The molecule has 0 aromatic carbocycles. The summed E-state index contributed by atoms with van der Waals surface area (Å²) in [4.78, 5) is 0. The minimum absolute atomic E-state index is 0.412. The van der Waals surface area contributed by atoms with Crippen molar-refractivity contribution in [3.05, 3.63) is 0 Å². The molecule has 0 aromatic rings. The molecule has 4 heteroatoms. The third kappa shape index (κ3) is 7.75. The third-order valence-electron chi connectivity index (χ3n) is 1.23. The molecule has 0 amide bonds. The first-order valence-electron chi connectivity index (χ1n) is 3.79. The summed E-state index contributed by atoms with van der Waals surface area (Å²) in [7, 11) is 0. The molecule has 0 spiro atoms. The van der Waals surface area contributed by atoms with Crippen LogP contribution in [-0.4, -0.2) is 21.3 Å². The second-order valence-corrected chi connectivity index (χ2v) is 5.72. The van der Waals surface area contributed by atoms with E-state index in [0.29, 0.717) is 9.83 Å². The Bertz CT molecular complexity index is 86.5. The number of hydrogen-bond acceptors (Lipinski definition) is 4. The first kappa shape index (κ1) is 12.4. The molecule has 68 valence electrons. The van der Waals surface area contributed by atoms with E-state index in [2.05, 4.69) is 44.8 Å². The molecule has 0 aliphatic heterocycles. The van der Waals surface area contributed by atoms with Gasteiger partial charge in [0.2, 0.25) is 0 Å². The Hall–Kier alpha value is 1.40. The lowest BCUT2D eigenvalue weighted by Crippen LogP contribution is -2.06. The van der Waals surface area contributed by atoms with Crippen LogP contribution in [0.2, 0.25) is 0 Å². The van der Waals surface area contributed by atoms with Gasteiger partial charge in [-0.05, 0) is 6.42 Å². The molecule has 2 atom stereocenters. The zero-order chi connectivity index (χ0) is 8.69. The number of thiol groups is 3. The van der Waals surface area contributed by atoms with Gasteiger partial charge in [0.05, 0.1) is 0 Å². The zero-order valence-corrected chi connectivity index (χ0v) is 10.2. The summed E-state index contributed by atoms with van der Waals surface area (Å²) < 4.78 is 0.481. The Kier molecular flexibility index (Phi) is 9.04. The van der Waals surface area contributed by atoms with Gasteiger partial charge in [0.15, 0.2) is 0 Å². The summed E-state index contributed by atoms with van der Waals surface area (Å²) in [6.45, 7) is 2.18. The number of hydrogen-bond donors (Lipinski definition) is 3. The maximum atomic E-state index is 4.43. The summed E-state index contributed by atoms with van der Waals surface area (Å²) in [5, 5.41) is 0.412. The first-order chi connectivity index (χ1) is 5.20. The van der Waals surface area contributed by atoms with Crippen LogP contribution < -0.4 is 0 Å². The van der Waals surface area contributed by atoms with E-state index in [1.807, 2.05) is 11.8 Å². The van der Waals surface area contributed by atoms with Crippen molar-refractivity contribution in [2.24, 2.45) is 0 Å². The predicted molar refractivity (Wildman–Crippen MR) is 66.8 cm³/mol. The van der Waals surface area contributed by atoms with Crippen molar-refractivity contribution in [3.8, 4) is 0 Å². The van der Waals surface area contributed by atoms with E-state index in [1.54, 1.807) is 0 Å². The Balaban J connectivity index is 3.22. The number of rotatable bonds is 6. The molecular formula is C7H16S4. The Morgan fingerprint density at radius 3 is 2.45 bits per heavy atom. The topological polar surface area (TPSA) is 0 Å². The fraction of sp³-hybridized carbons (Fsp3) is 1.00. The molecule has 0 aromatic heterocycles. The summed E-state index contributed by atoms with van der Waals surface area (Å²) in [6.07, 6.45) is 2.39. The quantitative estimate of drug-likeness (QED) is 0.464. The largest absolute Gasteiger partial charge is 0.178 e. The van der Waals surface area contributed by atoms with Gasteiger partial charge in [0.1, 0.15) is 0 Å². The molecule has 0 radical (unpaired) electrons. The van der Waals surface area contributed by atoms with Crippen molar-refractivity contribution in [3.63, 3.8) is 0 Å². The van der Waals surface area contributed by atoms with Crippen LogP contribution in [0, 0.1) is 0 Å². The van der Waals surface area contributed by atoms with Crippen molar-refractivity contribution in [2.45, 2.75) is 29.6 Å². The van der Waals surface area contributed by atoms with Crippen LogP contribution in [0.5, 0.6) is 0 Å². The second kappa shape index (κ2) is 8.02. The van der Waals surface area contributed by atoms with Gasteiger partial charge in [-0.3, -0.25) is 0 Å². The molecule has 0 fully saturated rings. The molecule has 0 bridgehead atoms. The monoisotopic (exact) mass is 228 g/mol. The normalized spacial score (nSPS) is 16.4. The lowest BCUT2D eigenvalue weighted by molar-refractivity contribution is 0.872. The molecule has 0 saturated heterocycles. The average molecular weight is 228 g/mol. The second-order valence-electron chi connectivity index (χ2n) is 2.41. The van der Waals surface area contributed by atoms with E-state index in [4.69, 9.17) is 0 Å². The molecular weight excluding hydrogens is 212 g/mol. The van der Waals surface area contributed by atoms with Crippen LogP contribution in [0.15, 0.2) is 0 Å². The standard InChI is InChI=1S/C7H16S4/c1-2-3-7(10)11-5-6(9)4-8/h6-10H,2-5H2,1H3. The van der Waals surface area contributed by atoms with Gasteiger partial charge in [0, 0.05) is 21.3 Å². The van der Waals surface area contributed by atoms with E-state index >= 15 is 0 Å². The smallest absolute Gasteiger partial charge is 0.0472 e. The van der Waals surface area contributed by atoms with Crippen LogP contribution in [0.4, 0.5) is 0 Å². The van der Waals surface area contributed by atoms with Crippen molar-refractivity contribution < 1.29 is 0 Å². The van der Waals surface area contributed by atoms with Crippen molar-refractivity contribution in [1.29, 1.82) is 0 Å². The SMILES string of the molecule is CCCC(S)SCC(S)CS. The van der Waals surface area contributed by atoms with Crippen LogP contribution in [0.25, 0.3) is 0 Å². The summed E-state index contributed by atoms with van der Waals surface area (Å²) in [5.74, 6) is 1.91. The molecule has 11 heavy (non-hydrogen) atoms. The highest BCUT2D eigenvalue weighted by atomic mass is 32.2. The lowest BCUT2D eigenvalue weighted by atomic mass is 10.4.